The molecular formula is C17H17BrN2O7S. The van der Waals surface area contributed by atoms with E-state index in [-0.39, 0.29) is 16.5 Å². The van der Waals surface area contributed by atoms with Gasteiger partial charge in [0, 0.05) is 18.7 Å². The minimum absolute atomic E-state index is 0.00357. The first-order chi connectivity index (χ1) is 13.3. The number of aromatic nitrogens is 1. The summed E-state index contributed by atoms with van der Waals surface area (Å²) >= 11 is 3.33. The smallest absolute Gasteiger partial charge is 0.266 e. The number of benzene rings is 2. The predicted molar refractivity (Wildman–Crippen MR) is 104 cm³/mol. The maximum atomic E-state index is 12.9. The third kappa shape index (κ3) is 3.78. The van der Waals surface area contributed by atoms with Crippen molar-refractivity contribution in [1.82, 2.24) is 5.16 Å². The van der Waals surface area contributed by atoms with Gasteiger partial charge in [0.05, 0.1) is 24.1 Å². The molecule has 0 saturated carbocycles. The number of aliphatic hydroxyl groups is 1. The zero-order chi connectivity index (χ0) is 20.5. The first-order valence-corrected chi connectivity index (χ1v) is 10.1. The van der Waals surface area contributed by atoms with Gasteiger partial charge in [0.25, 0.3) is 10.0 Å². The lowest BCUT2D eigenvalue weighted by molar-refractivity contribution is -0.0770. The highest BCUT2D eigenvalue weighted by molar-refractivity contribution is 9.10. The van der Waals surface area contributed by atoms with E-state index < -0.39 is 16.3 Å². The van der Waals surface area contributed by atoms with Crippen molar-refractivity contribution in [2.45, 2.75) is 11.2 Å². The Labute approximate surface area is 169 Å². The highest BCUT2D eigenvalue weighted by Crippen LogP contribution is 2.35. The molecule has 3 aromatic rings. The average Bonchev–Trinajstić information content (AvgIpc) is 3.06. The number of aliphatic hydroxyl groups excluding tert-OH is 1. The maximum absolute atomic E-state index is 12.9. The molecule has 11 heteroatoms. The van der Waals surface area contributed by atoms with Gasteiger partial charge in [0.2, 0.25) is 0 Å². The fraction of sp³-hybridized carbons (Fsp3) is 0.235. The third-order valence-electron chi connectivity index (χ3n) is 3.96. The Bertz CT molecular complexity index is 1110. The van der Waals surface area contributed by atoms with Crippen molar-refractivity contribution >= 4 is 42.7 Å². The quantitative estimate of drug-likeness (QED) is 0.503. The molecule has 9 nitrogen and oxygen atoms in total. The summed E-state index contributed by atoms with van der Waals surface area (Å²) in [6, 6.07) is 7.33. The second-order valence-corrected chi connectivity index (χ2v) is 8.12. The van der Waals surface area contributed by atoms with Crippen molar-refractivity contribution in [1.29, 1.82) is 0 Å². The van der Waals surface area contributed by atoms with Crippen molar-refractivity contribution in [3.05, 3.63) is 40.4 Å². The Kier molecular flexibility index (Phi) is 5.79. The highest BCUT2D eigenvalue weighted by atomic mass is 79.9. The van der Waals surface area contributed by atoms with Gasteiger partial charge >= 0.3 is 0 Å². The number of nitrogens with zero attached hydrogens (tertiary/aromatic N) is 1. The molecule has 1 heterocycles. The van der Waals surface area contributed by atoms with Gasteiger partial charge in [-0.2, -0.15) is 0 Å². The monoisotopic (exact) mass is 472 g/mol. The number of fused-ring (bicyclic) bond motifs is 1. The zero-order valence-corrected chi connectivity index (χ0v) is 17.5. The fourth-order valence-corrected chi connectivity index (χ4v) is 4.20. The molecule has 1 atom stereocenters. The molecule has 2 N–H and O–H groups in total. The van der Waals surface area contributed by atoms with Crippen LogP contribution in [0.15, 0.2) is 44.2 Å². The molecule has 3 rings (SSSR count). The standard InChI is InChI=1S/C17H17BrN2O7S/c1-24-13-7-10-12(8-11(13)18)27-19-16(10)20-28(22,23)15-5-4-9(17(21)26-3)6-14(15)25-2/h4-8,17,21H,1-3H3,(H,19,20). The number of methoxy groups -OCH3 is 3. The molecule has 0 aliphatic rings. The Morgan fingerprint density at radius 2 is 1.86 bits per heavy atom. The Balaban J connectivity index is 2.02. The van der Waals surface area contributed by atoms with E-state index in [1.54, 1.807) is 12.1 Å². The van der Waals surface area contributed by atoms with Crippen LogP contribution in [0, 0.1) is 0 Å². The number of rotatable bonds is 7. The molecule has 0 spiro atoms. The summed E-state index contributed by atoms with van der Waals surface area (Å²) in [4.78, 5) is -0.137. The molecule has 1 unspecified atom stereocenters. The molecule has 2 aromatic carbocycles. The summed E-state index contributed by atoms with van der Waals surface area (Å²) in [6.45, 7) is 0. The van der Waals surface area contributed by atoms with Crippen LogP contribution in [0.1, 0.15) is 11.9 Å². The summed E-state index contributed by atoms with van der Waals surface area (Å²) in [5, 5.41) is 14.0. The van der Waals surface area contributed by atoms with E-state index in [9.17, 15) is 13.5 Å². The number of ether oxygens (including phenoxy) is 3. The number of halogens is 1. The normalized spacial score (nSPS) is 12.8. The number of hydrogen-bond donors (Lipinski definition) is 2. The van der Waals surface area contributed by atoms with Gasteiger partial charge in [-0.3, -0.25) is 4.72 Å². The van der Waals surface area contributed by atoms with E-state index >= 15 is 0 Å². The van der Waals surface area contributed by atoms with E-state index in [0.29, 0.717) is 26.8 Å². The molecule has 1 aromatic heterocycles. The van der Waals surface area contributed by atoms with Crippen LogP contribution in [0.3, 0.4) is 0 Å². The minimum Gasteiger partial charge on any atom is -0.496 e. The lowest BCUT2D eigenvalue weighted by Gasteiger charge is -2.14. The molecule has 0 fully saturated rings. The fourth-order valence-electron chi connectivity index (χ4n) is 2.55. The third-order valence-corrected chi connectivity index (χ3v) is 5.96. The topological polar surface area (TPSA) is 120 Å². The van der Waals surface area contributed by atoms with Crippen LogP contribution < -0.4 is 14.2 Å². The molecule has 0 radical (unpaired) electrons. The van der Waals surface area contributed by atoms with E-state index in [2.05, 4.69) is 25.8 Å². The summed E-state index contributed by atoms with van der Waals surface area (Å²) in [5.74, 6) is 0.532. The lowest BCUT2D eigenvalue weighted by atomic mass is 10.2. The molecule has 0 aliphatic carbocycles. The molecule has 28 heavy (non-hydrogen) atoms. The van der Waals surface area contributed by atoms with Gasteiger partial charge in [-0.25, -0.2) is 8.42 Å². The van der Waals surface area contributed by atoms with Crippen LogP contribution in [0.2, 0.25) is 0 Å². The van der Waals surface area contributed by atoms with E-state index in [1.807, 2.05) is 0 Å². The van der Waals surface area contributed by atoms with Crippen molar-refractivity contribution in [3.8, 4) is 11.5 Å². The number of hydrogen-bond acceptors (Lipinski definition) is 8. The number of nitrogens with one attached hydrogen (secondary N) is 1. The van der Waals surface area contributed by atoms with Crippen LogP contribution in [-0.4, -0.2) is 40.0 Å². The summed E-state index contributed by atoms with van der Waals surface area (Å²) < 4.78 is 49.2. The summed E-state index contributed by atoms with van der Waals surface area (Å²) in [7, 11) is 0.0711. The van der Waals surface area contributed by atoms with Crippen LogP contribution in [-0.2, 0) is 14.8 Å². The average molecular weight is 473 g/mol. The molecule has 150 valence electrons. The van der Waals surface area contributed by atoms with Gasteiger partial charge in [-0.15, -0.1) is 0 Å². The predicted octanol–water partition coefficient (Wildman–Crippen LogP) is 3.05. The molecule has 0 aliphatic heterocycles. The molecular weight excluding hydrogens is 456 g/mol. The van der Waals surface area contributed by atoms with Crippen molar-refractivity contribution in [3.63, 3.8) is 0 Å². The van der Waals surface area contributed by atoms with Crippen LogP contribution in [0.5, 0.6) is 11.5 Å². The second kappa shape index (κ2) is 7.95. The SMILES string of the molecule is COc1cc2c(NS(=O)(=O)c3ccc(C(O)OC)cc3OC)noc2cc1Br. The van der Waals surface area contributed by atoms with Gasteiger partial charge in [0.15, 0.2) is 17.7 Å². The highest BCUT2D eigenvalue weighted by Gasteiger charge is 2.24. The minimum atomic E-state index is -4.07. The Morgan fingerprint density at radius 1 is 1.14 bits per heavy atom. The first kappa shape index (κ1) is 20.4. The van der Waals surface area contributed by atoms with Gasteiger partial charge in [-0.1, -0.05) is 11.2 Å². The maximum Gasteiger partial charge on any atom is 0.266 e. The molecule has 0 amide bonds. The lowest BCUT2D eigenvalue weighted by Crippen LogP contribution is -2.15. The van der Waals surface area contributed by atoms with Crippen molar-refractivity contribution in [2.75, 3.05) is 26.1 Å². The Morgan fingerprint density at radius 3 is 2.50 bits per heavy atom. The van der Waals surface area contributed by atoms with Crippen molar-refractivity contribution < 1.29 is 32.3 Å². The number of anilines is 1. The van der Waals surface area contributed by atoms with E-state index in [1.165, 1.54) is 39.5 Å². The van der Waals surface area contributed by atoms with Crippen molar-refractivity contribution in [2.24, 2.45) is 0 Å². The van der Waals surface area contributed by atoms with Gasteiger partial charge < -0.3 is 23.8 Å². The summed E-state index contributed by atoms with van der Waals surface area (Å²) in [6.07, 6.45) is -1.20. The second-order valence-electron chi connectivity index (χ2n) is 5.62. The van der Waals surface area contributed by atoms with E-state index in [0.717, 1.165) is 0 Å². The zero-order valence-electron chi connectivity index (χ0n) is 15.1. The number of sulfonamides is 1. The first-order valence-electron chi connectivity index (χ1n) is 7.85. The molecule has 0 saturated heterocycles. The van der Waals surface area contributed by atoms with Crippen LogP contribution >= 0.6 is 15.9 Å². The molecule has 0 bridgehead atoms. The van der Waals surface area contributed by atoms with Crippen LogP contribution in [0.25, 0.3) is 11.0 Å². The van der Waals surface area contributed by atoms with Gasteiger partial charge in [0.1, 0.15) is 16.4 Å². The van der Waals surface area contributed by atoms with Gasteiger partial charge in [-0.05, 0) is 34.1 Å². The Hall–Kier alpha value is -2.34. The van der Waals surface area contributed by atoms with E-state index in [4.69, 9.17) is 18.7 Å². The summed E-state index contributed by atoms with van der Waals surface area (Å²) in [5.41, 5.74) is 0.718. The van der Waals surface area contributed by atoms with Crippen LogP contribution in [0.4, 0.5) is 5.82 Å². The largest absolute Gasteiger partial charge is 0.496 e.